The van der Waals surface area contributed by atoms with Crippen LogP contribution in [0.3, 0.4) is 0 Å². The molecule has 0 aliphatic heterocycles. The zero-order valence-electron chi connectivity index (χ0n) is 20.1. The molecular formula is C25H47O3P. The molecule has 3 nitrogen and oxygen atoms in total. The van der Waals surface area contributed by atoms with Crippen molar-refractivity contribution >= 4 is 12.6 Å². The number of aryl methyl sites for hydroxylation is 2. The predicted molar refractivity (Wildman–Crippen MR) is 129 cm³/mol. The molecule has 1 rings (SSSR count). The average Bonchev–Trinajstić information content (AvgIpc) is 2.63. The van der Waals surface area contributed by atoms with E-state index in [0.29, 0.717) is 11.2 Å². The van der Waals surface area contributed by atoms with Crippen molar-refractivity contribution in [3.63, 3.8) is 0 Å². The van der Waals surface area contributed by atoms with E-state index in [9.17, 15) is 14.7 Å². The molecule has 0 spiro atoms. The molecule has 4 heteroatoms. The summed E-state index contributed by atoms with van der Waals surface area (Å²) in [5, 5.41) is 0.428. The number of benzene rings is 1. The minimum absolute atomic E-state index is 0.0827. The molecule has 3 N–H and O–H groups in total. The van der Waals surface area contributed by atoms with Gasteiger partial charge < -0.3 is 0 Å². The molecule has 0 aromatic heterocycles. The van der Waals surface area contributed by atoms with Gasteiger partial charge in [0.15, 0.2) is 0 Å². The van der Waals surface area contributed by atoms with Crippen LogP contribution in [0, 0.1) is 32.6 Å². The summed E-state index contributed by atoms with van der Waals surface area (Å²) in [4.78, 5) is 33.9. The molecule has 0 aliphatic carbocycles. The maximum absolute atomic E-state index is 11.3. The van der Waals surface area contributed by atoms with Crippen LogP contribution in [0.4, 0.5) is 0 Å². The molecule has 2 atom stereocenters. The number of hydrogen-bond acceptors (Lipinski definition) is 3. The van der Waals surface area contributed by atoms with E-state index < -0.39 is 7.28 Å². The molecule has 170 valence electrons. The number of hydrogen-bond donors (Lipinski definition) is 3. The summed E-state index contributed by atoms with van der Waals surface area (Å²) in [5.74, 6) is 0.724. The molecule has 0 saturated carbocycles. The van der Waals surface area contributed by atoms with Crippen molar-refractivity contribution < 1.29 is 14.7 Å². The van der Waals surface area contributed by atoms with Crippen LogP contribution in [0.2, 0.25) is 0 Å². The SMILES string of the molecule is CCCCC(CC)Cc1c(C)cc(C)c(P(O)(O)(O)CC(CC)CCCC)c1C. The standard InChI is InChI=1S/C25H47O3P/c1-8-12-14-22(10-3)17-24-19(5)16-20(6)25(21(24)7)29(26,27,28)18-23(11-4)15-13-9-2/h16,22-23,26-28H,8-15,17-18H2,1-7H3. The van der Waals surface area contributed by atoms with Gasteiger partial charge in [0.2, 0.25) is 0 Å². The first-order chi connectivity index (χ1) is 13.5. The molecule has 0 amide bonds. The zero-order valence-corrected chi connectivity index (χ0v) is 21.0. The van der Waals surface area contributed by atoms with Gasteiger partial charge in [0.05, 0.1) is 0 Å². The Morgan fingerprint density at radius 1 is 0.793 bits per heavy atom. The third-order valence-electron chi connectivity index (χ3n) is 6.72. The first kappa shape index (κ1) is 26.6. The second-order valence-corrected chi connectivity index (χ2v) is 12.4. The van der Waals surface area contributed by atoms with Gasteiger partial charge in [-0.1, -0.05) is 0 Å². The van der Waals surface area contributed by atoms with E-state index in [4.69, 9.17) is 0 Å². The van der Waals surface area contributed by atoms with E-state index >= 15 is 0 Å². The van der Waals surface area contributed by atoms with Crippen molar-refractivity contribution in [2.45, 2.75) is 106 Å². The molecule has 0 aliphatic rings. The third kappa shape index (κ3) is 7.31. The Morgan fingerprint density at radius 3 is 1.79 bits per heavy atom. The summed E-state index contributed by atoms with van der Waals surface area (Å²) in [6.45, 7) is 14.7. The Hall–Kier alpha value is -0.470. The normalized spacial score (nSPS) is 15.7. The second kappa shape index (κ2) is 11.2. The van der Waals surface area contributed by atoms with Crippen LogP contribution >= 0.6 is 7.28 Å². The van der Waals surface area contributed by atoms with E-state index in [0.717, 1.165) is 49.7 Å². The van der Waals surface area contributed by atoms with Gasteiger partial charge in [0.1, 0.15) is 0 Å². The zero-order chi connectivity index (χ0) is 22.3. The molecule has 29 heavy (non-hydrogen) atoms. The second-order valence-electron chi connectivity index (χ2n) is 9.33. The summed E-state index contributed by atoms with van der Waals surface area (Å²) in [6, 6.07) is 2.04. The van der Waals surface area contributed by atoms with Crippen LogP contribution in [0.5, 0.6) is 0 Å². The van der Waals surface area contributed by atoms with E-state index in [1.165, 1.54) is 30.4 Å². The van der Waals surface area contributed by atoms with Gasteiger partial charge in [-0.25, -0.2) is 0 Å². The number of rotatable bonds is 13. The van der Waals surface area contributed by atoms with Crippen LogP contribution in [0.25, 0.3) is 0 Å². The van der Waals surface area contributed by atoms with Crippen LogP contribution < -0.4 is 5.30 Å². The summed E-state index contributed by atoms with van der Waals surface area (Å²) in [7, 11) is -4.94. The van der Waals surface area contributed by atoms with Gasteiger partial charge in [-0.15, -0.1) is 0 Å². The van der Waals surface area contributed by atoms with Crippen LogP contribution in [-0.2, 0) is 6.42 Å². The van der Waals surface area contributed by atoms with Gasteiger partial charge in [0, 0.05) is 0 Å². The van der Waals surface area contributed by atoms with E-state index in [1.54, 1.807) is 0 Å². The first-order valence-corrected chi connectivity index (χ1v) is 14.1. The Morgan fingerprint density at radius 2 is 1.31 bits per heavy atom. The van der Waals surface area contributed by atoms with Crippen molar-refractivity contribution in [1.29, 1.82) is 0 Å². The molecule has 0 saturated heterocycles. The summed E-state index contributed by atoms with van der Waals surface area (Å²) in [6.07, 6.45) is 9.69. The fraction of sp³-hybridized carbons (Fsp3) is 0.760. The molecular weight excluding hydrogens is 379 g/mol. The molecule has 2 unspecified atom stereocenters. The van der Waals surface area contributed by atoms with Gasteiger partial charge in [-0.3, -0.25) is 0 Å². The van der Waals surface area contributed by atoms with E-state index in [2.05, 4.69) is 34.6 Å². The fourth-order valence-corrected chi connectivity index (χ4v) is 8.13. The van der Waals surface area contributed by atoms with E-state index in [1.807, 2.05) is 19.9 Å². The summed E-state index contributed by atoms with van der Waals surface area (Å²) < 4.78 is 0. The Labute approximate surface area is 180 Å². The van der Waals surface area contributed by atoms with E-state index in [-0.39, 0.29) is 12.1 Å². The average molecular weight is 427 g/mol. The van der Waals surface area contributed by atoms with Crippen molar-refractivity contribution in [2.75, 3.05) is 6.16 Å². The van der Waals surface area contributed by atoms with Gasteiger partial charge >= 0.3 is 180 Å². The van der Waals surface area contributed by atoms with Crippen molar-refractivity contribution in [1.82, 2.24) is 0 Å². The summed E-state index contributed by atoms with van der Waals surface area (Å²) >= 11 is 0. The van der Waals surface area contributed by atoms with Crippen LogP contribution in [-0.4, -0.2) is 20.8 Å². The van der Waals surface area contributed by atoms with Crippen molar-refractivity contribution in [3.05, 3.63) is 28.3 Å². The molecule has 0 fully saturated rings. The van der Waals surface area contributed by atoms with Crippen LogP contribution in [0.1, 0.15) is 101 Å². The first-order valence-electron chi connectivity index (χ1n) is 11.8. The van der Waals surface area contributed by atoms with Gasteiger partial charge in [0.25, 0.3) is 0 Å². The molecule has 1 aromatic rings. The Kier molecular flexibility index (Phi) is 10.3. The Balaban J connectivity index is 3.35. The van der Waals surface area contributed by atoms with Gasteiger partial charge in [-0.05, 0) is 0 Å². The van der Waals surface area contributed by atoms with Crippen molar-refractivity contribution in [3.8, 4) is 0 Å². The predicted octanol–water partition coefficient (Wildman–Crippen LogP) is 6.49. The maximum atomic E-state index is 11.3. The summed E-state index contributed by atoms with van der Waals surface area (Å²) in [5.41, 5.74) is 4.10. The molecule has 0 heterocycles. The molecule has 0 radical (unpaired) electrons. The van der Waals surface area contributed by atoms with Crippen molar-refractivity contribution in [2.24, 2.45) is 11.8 Å². The molecule has 1 aromatic carbocycles. The topological polar surface area (TPSA) is 60.7 Å². The Bertz CT molecular complexity index is 646. The quantitative estimate of drug-likeness (QED) is 0.316. The number of unbranched alkanes of at least 4 members (excludes halogenated alkanes) is 2. The minimum atomic E-state index is -4.94. The molecule has 0 bridgehead atoms. The monoisotopic (exact) mass is 426 g/mol. The fourth-order valence-electron chi connectivity index (χ4n) is 4.95. The third-order valence-corrected chi connectivity index (χ3v) is 9.52. The van der Waals surface area contributed by atoms with Crippen LogP contribution in [0.15, 0.2) is 6.07 Å². The van der Waals surface area contributed by atoms with Gasteiger partial charge in [-0.2, -0.15) is 0 Å².